The number of esters is 1. The van der Waals surface area contributed by atoms with Gasteiger partial charge in [0.05, 0.1) is 6.33 Å². The van der Waals surface area contributed by atoms with E-state index in [1.165, 1.54) is 11.2 Å². The van der Waals surface area contributed by atoms with E-state index in [1.54, 1.807) is 27.0 Å². The summed E-state index contributed by atoms with van der Waals surface area (Å²) in [5.74, 6) is -1.43. The van der Waals surface area contributed by atoms with Gasteiger partial charge in [-0.05, 0) is 51.5 Å². The average molecular weight is 556 g/mol. The van der Waals surface area contributed by atoms with Gasteiger partial charge in [-0.25, -0.2) is 14.6 Å². The molecule has 2 heterocycles. The van der Waals surface area contributed by atoms with Crippen molar-refractivity contribution in [3.63, 3.8) is 0 Å². The monoisotopic (exact) mass is 555 g/mol. The highest BCUT2D eigenvalue weighted by atomic mass is 16.6. The number of rotatable bonds is 11. The van der Waals surface area contributed by atoms with E-state index >= 15 is 0 Å². The molecule has 218 valence electrons. The maximum absolute atomic E-state index is 13.5. The van der Waals surface area contributed by atoms with Crippen molar-refractivity contribution in [3.05, 3.63) is 54.1 Å². The fraction of sp³-hybridized carbons (Fsp3) is 0.552. The van der Waals surface area contributed by atoms with Gasteiger partial charge in [0, 0.05) is 24.9 Å². The number of aromatic amines is 1. The third kappa shape index (κ3) is 9.39. The maximum Gasteiger partial charge on any atom is 0.410 e. The van der Waals surface area contributed by atoms with Crippen LogP contribution in [0, 0.1) is 5.92 Å². The largest absolute Gasteiger partial charge is 0.458 e. The molecule has 2 aromatic rings. The number of hydrogen-bond acceptors (Lipinski definition) is 7. The molecule has 1 fully saturated rings. The number of imidazole rings is 1. The molecule has 1 aromatic heterocycles. The number of ether oxygens (including phenoxy) is 2. The summed E-state index contributed by atoms with van der Waals surface area (Å²) in [6.07, 6.45) is 4.02. The SMILES string of the molecule is CC(C)C[C@H](NC(=O)[C@H](Cc1cnc[nH]1)NC(=O)[C@@H]1CCCN1C(=O)OCc1ccccc1)C(=O)OC(C)(C)C. The summed E-state index contributed by atoms with van der Waals surface area (Å²) in [5.41, 5.74) is 0.749. The van der Waals surface area contributed by atoms with Crippen molar-refractivity contribution in [1.82, 2.24) is 25.5 Å². The summed E-state index contributed by atoms with van der Waals surface area (Å²) in [7, 11) is 0. The van der Waals surface area contributed by atoms with E-state index < -0.39 is 47.6 Å². The molecule has 3 N–H and O–H groups in total. The van der Waals surface area contributed by atoms with E-state index in [4.69, 9.17) is 9.47 Å². The predicted octanol–water partition coefficient (Wildman–Crippen LogP) is 3.11. The number of carbonyl (C=O) groups excluding carboxylic acids is 4. The Morgan fingerprint density at radius 1 is 1.10 bits per heavy atom. The highest BCUT2D eigenvalue weighted by Gasteiger charge is 2.38. The second kappa shape index (κ2) is 14.0. The molecule has 0 bridgehead atoms. The van der Waals surface area contributed by atoms with Gasteiger partial charge in [0.2, 0.25) is 11.8 Å². The molecule has 1 saturated heterocycles. The molecular formula is C29H41N5O6. The molecule has 0 aliphatic carbocycles. The number of aromatic nitrogens is 2. The smallest absolute Gasteiger partial charge is 0.410 e. The minimum Gasteiger partial charge on any atom is -0.458 e. The molecule has 1 aromatic carbocycles. The van der Waals surface area contributed by atoms with Gasteiger partial charge in [-0.2, -0.15) is 0 Å². The third-order valence-corrected chi connectivity index (χ3v) is 6.32. The van der Waals surface area contributed by atoms with E-state index in [9.17, 15) is 19.2 Å². The number of carbonyl (C=O) groups is 4. The lowest BCUT2D eigenvalue weighted by Crippen LogP contribution is -2.56. The Labute approximate surface area is 235 Å². The van der Waals surface area contributed by atoms with Crippen LogP contribution < -0.4 is 10.6 Å². The van der Waals surface area contributed by atoms with Crippen LogP contribution in [0.15, 0.2) is 42.9 Å². The standard InChI is InChI=1S/C29H41N5O6/c1-19(2)14-23(27(37)40-29(3,4)5)33-25(35)22(15-21-16-30-18-31-21)32-26(36)24-12-9-13-34(24)28(38)39-17-20-10-7-6-8-11-20/h6-8,10-11,16,18-19,22-24H,9,12-15,17H2,1-5H3,(H,30,31)(H,32,36)(H,33,35)/t22-,23-,24-/m0/s1. The Hall–Kier alpha value is -3.89. The van der Waals surface area contributed by atoms with Crippen molar-refractivity contribution < 1.29 is 28.7 Å². The van der Waals surface area contributed by atoms with Crippen molar-refractivity contribution in [2.75, 3.05) is 6.54 Å². The molecule has 0 spiro atoms. The van der Waals surface area contributed by atoms with Gasteiger partial charge in [-0.15, -0.1) is 0 Å². The molecule has 0 unspecified atom stereocenters. The molecule has 3 atom stereocenters. The molecule has 3 amide bonds. The summed E-state index contributed by atoms with van der Waals surface area (Å²) in [5, 5.41) is 5.59. The third-order valence-electron chi connectivity index (χ3n) is 6.32. The van der Waals surface area contributed by atoms with E-state index in [1.807, 2.05) is 44.2 Å². The number of amides is 3. The molecular weight excluding hydrogens is 514 g/mol. The lowest BCUT2D eigenvalue weighted by molar-refractivity contribution is -0.159. The normalized spacial score (nSPS) is 16.8. The Kier molecular flexibility index (Phi) is 10.7. The van der Waals surface area contributed by atoms with Crippen LogP contribution in [-0.4, -0.2) is 69.0 Å². The van der Waals surface area contributed by atoms with E-state index in [0.29, 0.717) is 31.5 Å². The average Bonchev–Trinajstić information content (AvgIpc) is 3.58. The van der Waals surface area contributed by atoms with Gasteiger partial charge in [0.15, 0.2) is 0 Å². The first-order chi connectivity index (χ1) is 18.9. The Balaban J connectivity index is 1.70. The van der Waals surface area contributed by atoms with E-state index in [2.05, 4.69) is 20.6 Å². The Morgan fingerprint density at radius 2 is 1.82 bits per heavy atom. The van der Waals surface area contributed by atoms with Gasteiger partial charge >= 0.3 is 12.1 Å². The second-order valence-corrected chi connectivity index (χ2v) is 11.5. The first kappa shape index (κ1) is 30.6. The predicted molar refractivity (Wildman–Crippen MR) is 148 cm³/mol. The van der Waals surface area contributed by atoms with Crippen LogP contribution in [0.5, 0.6) is 0 Å². The maximum atomic E-state index is 13.5. The van der Waals surface area contributed by atoms with E-state index in [0.717, 1.165) is 5.56 Å². The molecule has 1 aliphatic rings. The number of likely N-dealkylation sites (tertiary alicyclic amines) is 1. The zero-order valence-corrected chi connectivity index (χ0v) is 23.9. The summed E-state index contributed by atoms with van der Waals surface area (Å²) in [4.78, 5) is 60.9. The Morgan fingerprint density at radius 3 is 2.45 bits per heavy atom. The highest BCUT2D eigenvalue weighted by molar-refractivity contribution is 5.93. The summed E-state index contributed by atoms with van der Waals surface area (Å²) in [6.45, 7) is 9.64. The van der Waals surface area contributed by atoms with Crippen molar-refractivity contribution in [2.45, 2.75) is 90.6 Å². The van der Waals surface area contributed by atoms with Crippen LogP contribution >= 0.6 is 0 Å². The minimum atomic E-state index is -1.02. The number of H-pyrrole nitrogens is 1. The Bertz CT molecular complexity index is 1130. The van der Waals surface area contributed by atoms with Crippen molar-refractivity contribution in [2.24, 2.45) is 5.92 Å². The van der Waals surface area contributed by atoms with Crippen LogP contribution in [0.25, 0.3) is 0 Å². The van der Waals surface area contributed by atoms with Gasteiger partial charge in [-0.1, -0.05) is 44.2 Å². The fourth-order valence-electron chi connectivity index (χ4n) is 4.48. The van der Waals surface area contributed by atoms with Crippen molar-refractivity contribution >= 4 is 23.9 Å². The topological polar surface area (TPSA) is 143 Å². The molecule has 0 radical (unpaired) electrons. The zero-order chi connectivity index (χ0) is 29.3. The molecule has 3 rings (SSSR count). The zero-order valence-electron chi connectivity index (χ0n) is 23.9. The minimum absolute atomic E-state index is 0.0945. The van der Waals surface area contributed by atoms with Crippen LogP contribution in [0.3, 0.4) is 0 Å². The van der Waals surface area contributed by atoms with Gasteiger partial charge in [0.25, 0.3) is 0 Å². The molecule has 11 heteroatoms. The number of benzene rings is 1. The molecule has 1 aliphatic heterocycles. The molecule has 11 nitrogen and oxygen atoms in total. The fourth-order valence-corrected chi connectivity index (χ4v) is 4.48. The lowest BCUT2D eigenvalue weighted by Gasteiger charge is -2.28. The number of nitrogens with zero attached hydrogens (tertiary/aromatic N) is 2. The first-order valence-electron chi connectivity index (χ1n) is 13.7. The summed E-state index contributed by atoms with van der Waals surface area (Å²) in [6, 6.07) is 6.60. The lowest BCUT2D eigenvalue weighted by atomic mass is 10.0. The van der Waals surface area contributed by atoms with Gasteiger partial charge < -0.3 is 25.1 Å². The number of hydrogen-bond donors (Lipinski definition) is 3. The van der Waals surface area contributed by atoms with Crippen LogP contribution in [0.1, 0.15) is 65.1 Å². The van der Waals surface area contributed by atoms with Crippen LogP contribution in [0.2, 0.25) is 0 Å². The van der Waals surface area contributed by atoms with Crippen LogP contribution in [0.4, 0.5) is 4.79 Å². The van der Waals surface area contributed by atoms with Crippen molar-refractivity contribution in [1.29, 1.82) is 0 Å². The highest BCUT2D eigenvalue weighted by Crippen LogP contribution is 2.20. The van der Waals surface area contributed by atoms with Gasteiger partial charge in [-0.3, -0.25) is 14.5 Å². The molecule has 0 saturated carbocycles. The van der Waals surface area contributed by atoms with E-state index in [-0.39, 0.29) is 18.9 Å². The quantitative estimate of drug-likeness (QED) is 0.362. The molecule has 40 heavy (non-hydrogen) atoms. The summed E-state index contributed by atoms with van der Waals surface area (Å²) >= 11 is 0. The van der Waals surface area contributed by atoms with Crippen molar-refractivity contribution in [3.8, 4) is 0 Å². The summed E-state index contributed by atoms with van der Waals surface area (Å²) < 4.78 is 11.0. The van der Waals surface area contributed by atoms with Gasteiger partial charge in [0.1, 0.15) is 30.3 Å². The second-order valence-electron chi connectivity index (χ2n) is 11.5. The number of nitrogens with one attached hydrogen (secondary N) is 3. The first-order valence-corrected chi connectivity index (χ1v) is 13.7. The van der Waals surface area contributed by atoms with Crippen LogP contribution in [-0.2, 0) is 36.9 Å².